The minimum absolute atomic E-state index is 0.0606. The summed E-state index contributed by atoms with van der Waals surface area (Å²) in [4.78, 5) is 11.7. The number of rotatable bonds is 4. The van der Waals surface area contributed by atoms with E-state index in [2.05, 4.69) is 29.7 Å². The zero-order chi connectivity index (χ0) is 14.5. The van der Waals surface area contributed by atoms with Gasteiger partial charge in [0.2, 0.25) is 5.91 Å². The number of ether oxygens (including phenoxy) is 1. The van der Waals surface area contributed by atoms with Crippen molar-refractivity contribution in [1.82, 2.24) is 10.6 Å². The van der Waals surface area contributed by atoms with Crippen molar-refractivity contribution in [2.45, 2.75) is 32.2 Å². The SMILES string of the molecule is CNC(=O)C1CC(Cc2cc(C)ccc2OC)CCN1. The molecule has 0 aliphatic carbocycles. The van der Waals surface area contributed by atoms with E-state index >= 15 is 0 Å². The molecule has 2 rings (SSSR count). The second-order valence-corrected chi connectivity index (χ2v) is 5.53. The Hall–Kier alpha value is -1.55. The Kier molecular flexibility index (Phi) is 5.01. The van der Waals surface area contributed by atoms with Gasteiger partial charge in [0.25, 0.3) is 0 Å². The van der Waals surface area contributed by atoms with Crippen molar-refractivity contribution in [1.29, 1.82) is 0 Å². The number of piperidine rings is 1. The molecule has 1 fully saturated rings. The Morgan fingerprint density at radius 2 is 2.30 bits per heavy atom. The molecule has 1 aromatic rings. The standard InChI is InChI=1S/C16H24N2O2/c1-11-4-5-15(20-3)13(8-11)9-12-6-7-18-14(10-12)16(19)17-2/h4-5,8,12,14,18H,6-7,9-10H2,1-3H3,(H,17,19). The molecule has 1 aromatic carbocycles. The number of nitrogens with one attached hydrogen (secondary N) is 2. The number of hydrogen-bond donors (Lipinski definition) is 2. The van der Waals surface area contributed by atoms with Gasteiger partial charge in [0.15, 0.2) is 0 Å². The van der Waals surface area contributed by atoms with Gasteiger partial charge in [-0.3, -0.25) is 4.79 Å². The van der Waals surface area contributed by atoms with E-state index in [9.17, 15) is 4.79 Å². The van der Waals surface area contributed by atoms with Gasteiger partial charge in [0.05, 0.1) is 13.2 Å². The van der Waals surface area contributed by atoms with E-state index in [4.69, 9.17) is 4.74 Å². The maximum absolute atomic E-state index is 11.7. The highest BCUT2D eigenvalue weighted by Crippen LogP contribution is 2.27. The van der Waals surface area contributed by atoms with Crippen molar-refractivity contribution in [2.75, 3.05) is 20.7 Å². The first-order chi connectivity index (χ1) is 9.63. The third-order valence-corrected chi connectivity index (χ3v) is 4.02. The van der Waals surface area contributed by atoms with Gasteiger partial charge in [0, 0.05) is 7.05 Å². The van der Waals surface area contributed by atoms with Gasteiger partial charge in [-0.1, -0.05) is 17.7 Å². The zero-order valence-corrected chi connectivity index (χ0v) is 12.5. The normalized spacial score (nSPS) is 22.4. The molecule has 0 saturated carbocycles. The Morgan fingerprint density at radius 3 is 3.00 bits per heavy atom. The molecule has 20 heavy (non-hydrogen) atoms. The van der Waals surface area contributed by atoms with E-state index in [1.807, 2.05) is 6.07 Å². The summed E-state index contributed by atoms with van der Waals surface area (Å²) in [6.45, 7) is 3.00. The van der Waals surface area contributed by atoms with E-state index in [1.165, 1.54) is 11.1 Å². The average Bonchev–Trinajstić information content (AvgIpc) is 2.47. The third kappa shape index (κ3) is 3.51. The number of aryl methyl sites for hydroxylation is 1. The summed E-state index contributed by atoms with van der Waals surface area (Å²) < 4.78 is 5.44. The van der Waals surface area contributed by atoms with Crippen molar-refractivity contribution in [3.8, 4) is 5.75 Å². The number of benzene rings is 1. The topological polar surface area (TPSA) is 50.4 Å². The zero-order valence-electron chi connectivity index (χ0n) is 12.5. The Bertz CT molecular complexity index is 474. The fourth-order valence-corrected chi connectivity index (χ4v) is 2.93. The third-order valence-electron chi connectivity index (χ3n) is 4.02. The van der Waals surface area contributed by atoms with Crippen LogP contribution < -0.4 is 15.4 Å². The summed E-state index contributed by atoms with van der Waals surface area (Å²) in [5.41, 5.74) is 2.49. The van der Waals surface area contributed by atoms with Crippen LogP contribution in [0.1, 0.15) is 24.0 Å². The summed E-state index contributed by atoms with van der Waals surface area (Å²) in [7, 11) is 3.40. The lowest BCUT2D eigenvalue weighted by molar-refractivity contribution is -0.123. The first-order valence-electron chi connectivity index (χ1n) is 7.22. The monoisotopic (exact) mass is 276 g/mol. The van der Waals surface area contributed by atoms with Gasteiger partial charge in [0.1, 0.15) is 5.75 Å². The summed E-state index contributed by atoms with van der Waals surface area (Å²) in [6, 6.07) is 6.23. The van der Waals surface area contributed by atoms with Crippen LogP contribution in [0, 0.1) is 12.8 Å². The van der Waals surface area contributed by atoms with E-state index < -0.39 is 0 Å². The Morgan fingerprint density at radius 1 is 1.50 bits per heavy atom. The predicted octanol–water partition coefficient (Wildman–Crippen LogP) is 1.66. The summed E-state index contributed by atoms with van der Waals surface area (Å²) in [5.74, 6) is 1.56. The molecule has 4 heteroatoms. The van der Waals surface area contributed by atoms with Crippen molar-refractivity contribution < 1.29 is 9.53 Å². The van der Waals surface area contributed by atoms with Crippen molar-refractivity contribution in [2.24, 2.45) is 5.92 Å². The molecule has 1 aliphatic rings. The number of amides is 1. The molecular weight excluding hydrogens is 252 g/mol. The fourth-order valence-electron chi connectivity index (χ4n) is 2.93. The fraction of sp³-hybridized carbons (Fsp3) is 0.562. The molecule has 4 nitrogen and oxygen atoms in total. The molecule has 2 atom stereocenters. The lowest BCUT2D eigenvalue weighted by atomic mass is 9.86. The van der Waals surface area contributed by atoms with Crippen LogP contribution in [0.5, 0.6) is 5.75 Å². The maximum atomic E-state index is 11.7. The average molecular weight is 276 g/mol. The van der Waals surface area contributed by atoms with Gasteiger partial charge < -0.3 is 15.4 Å². The predicted molar refractivity (Wildman–Crippen MR) is 80.0 cm³/mol. The number of carbonyl (C=O) groups excluding carboxylic acids is 1. The first kappa shape index (κ1) is 14.9. The second-order valence-electron chi connectivity index (χ2n) is 5.53. The molecule has 1 saturated heterocycles. The van der Waals surface area contributed by atoms with E-state index in [1.54, 1.807) is 14.2 Å². The smallest absolute Gasteiger partial charge is 0.236 e. The number of carbonyl (C=O) groups is 1. The molecule has 110 valence electrons. The van der Waals surface area contributed by atoms with Gasteiger partial charge in [-0.15, -0.1) is 0 Å². The highest BCUT2D eigenvalue weighted by atomic mass is 16.5. The Balaban J connectivity index is 2.06. The minimum Gasteiger partial charge on any atom is -0.496 e. The van der Waals surface area contributed by atoms with E-state index in [0.717, 1.165) is 31.6 Å². The first-order valence-corrected chi connectivity index (χ1v) is 7.22. The second kappa shape index (κ2) is 6.75. The summed E-state index contributed by atoms with van der Waals surface area (Å²) in [6.07, 6.45) is 2.96. The Labute approximate surface area is 120 Å². The van der Waals surface area contributed by atoms with Gasteiger partial charge >= 0.3 is 0 Å². The van der Waals surface area contributed by atoms with Crippen LogP contribution in [0.4, 0.5) is 0 Å². The van der Waals surface area contributed by atoms with Crippen molar-refractivity contribution >= 4 is 5.91 Å². The largest absolute Gasteiger partial charge is 0.496 e. The highest BCUT2D eigenvalue weighted by molar-refractivity contribution is 5.81. The van der Waals surface area contributed by atoms with Gasteiger partial charge in [-0.05, 0) is 50.3 Å². The molecule has 2 unspecified atom stereocenters. The van der Waals surface area contributed by atoms with Gasteiger partial charge in [-0.25, -0.2) is 0 Å². The molecule has 0 bridgehead atoms. The van der Waals surface area contributed by atoms with Crippen LogP contribution >= 0.6 is 0 Å². The van der Waals surface area contributed by atoms with Crippen LogP contribution in [0.25, 0.3) is 0 Å². The maximum Gasteiger partial charge on any atom is 0.236 e. The quantitative estimate of drug-likeness (QED) is 0.879. The highest BCUT2D eigenvalue weighted by Gasteiger charge is 2.26. The number of hydrogen-bond acceptors (Lipinski definition) is 3. The molecule has 0 aromatic heterocycles. The molecule has 1 heterocycles. The molecule has 0 spiro atoms. The number of methoxy groups -OCH3 is 1. The van der Waals surface area contributed by atoms with Gasteiger partial charge in [-0.2, -0.15) is 0 Å². The molecule has 2 N–H and O–H groups in total. The summed E-state index contributed by atoms with van der Waals surface area (Å²) >= 11 is 0. The van der Waals surface area contributed by atoms with Crippen LogP contribution in [0.15, 0.2) is 18.2 Å². The van der Waals surface area contributed by atoms with Crippen LogP contribution in [-0.2, 0) is 11.2 Å². The molecular formula is C16H24N2O2. The molecule has 0 radical (unpaired) electrons. The van der Waals surface area contributed by atoms with Crippen molar-refractivity contribution in [3.05, 3.63) is 29.3 Å². The number of likely N-dealkylation sites (N-methyl/N-ethyl adjacent to an activating group) is 1. The lowest BCUT2D eigenvalue weighted by Gasteiger charge is -2.29. The van der Waals surface area contributed by atoms with E-state index in [-0.39, 0.29) is 11.9 Å². The lowest BCUT2D eigenvalue weighted by Crippen LogP contribution is -2.48. The van der Waals surface area contributed by atoms with E-state index in [0.29, 0.717) is 5.92 Å². The van der Waals surface area contributed by atoms with Crippen LogP contribution in [0.2, 0.25) is 0 Å². The van der Waals surface area contributed by atoms with Crippen molar-refractivity contribution in [3.63, 3.8) is 0 Å². The molecule has 1 aliphatic heterocycles. The van der Waals surface area contributed by atoms with Crippen LogP contribution in [-0.4, -0.2) is 32.7 Å². The van der Waals surface area contributed by atoms with Crippen LogP contribution in [0.3, 0.4) is 0 Å². The minimum atomic E-state index is -0.0606. The molecule has 1 amide bonds. The summed E-state index contributed by atoms with van der Waals surface area (Å²) in [5, 5.41) is 6.01.